The topological polar surface area (TPSA) is 175 Å². The first kappa shape index (κ1) is 39.5. The van der Waals surface area contributed by atoms with Crippen LogP contribution in [0.5, 0.6) is 5.75 Å². The van der Waals surface area contributed by atoms with Gasteiger partial charge in [-0.15, -0.1) is 0 Å². The van der Waals surface area contributed by atoms with E-state index in [1.54, 1.807) is 29.2 Å². The summed E-state index contributed by atoms with van der Waals surface area (Å²) in [6.45, 7) is 5.54. The fourth-order valence-corrected chi connectivity index (χ4v) is 6.53. The van der Waals surface area contributed by atoms with Crippen LogP contribution in [0.15, 0.2) is 78.9 Å². The van der Waals surface area contributed by atoms with Gasteiger partial charge in [0.25, 0.3) is 5.91 Å². The van der Waals surface area contributed by atoms with E-state index in [1.165, 1.54) is 0 Å². The molecule has 3 aromatic carbocycles. The molecule has 3 aromatic rings. The van der Waals surface area contributed by atoms with Crippen LogP contribution in [0.2, 0.25) is 0 Å². The summed E-state index contributed by atoms with van der Waals surface area (Å²) in [5.74, 6) is -2.38. The summed E-state index contributed by atoms with van der Waals surface area (Å²) in [5.41, 5.74) is 2.73. The predicted octanol–water partition coefficient (Wildman–Crippen LogP) is 2.77. The molecule has 0 bridgehead atoms. The average Bonchev–Trinajstić information content (AvgIpc) is 3.56. The highest BCUT2D eigenvalue weighted by Gasteiger charge is 2.31. The zero-order valence-electron chi connectivity index (χ0n) is 30.9. The van der Waals surface area contributed by atoms with Crippen LogP contribution in [0.4, 0.5) is 0 Å². The first-order valence-electron chi connectivity index (χ1n) is 18.6. The van der Waals surface area contributed by atoms with Gasteiger partial charge in [-0.05, 0) is 54.0 Å². The Morgan fingerprint density at radius 2 is 1.57 bits per heavy atom. The number of hydrogen-bond acceptors (Lipinski definition) is 7. The molecule has 0 spiro atoms. The lowest BCUT2D eigenvalue weighted by Crippen LogP contribution is -2.56. The Hall–Kier alpha value is -5.72. The van der Waals surface area contributed by atoms with Gasteiger partial charge in [-0.1, -0.05) is 80.6 Å². The number of amides is 6. The second-order valence-corrected chi connectivity index (χ2v) is 14.2. The highest BCUT2D eigenvalue weighted by atomic mass is 16.5. The molecule has 13 heteroatoms. The van der Waals surface area contributed by atoms with E-state index in [4.69, 9.17) is 4.74 Å². The molecule has 2 heterocycles. The fourth-order valence-electron chi connectivity index (χ4n) is 6.53. The van der Waals surface area contributed by atoms with Gasteiger partial charge >= 0.3 is 0 Å². The van der Waals surface area contributed by atoms with E-state index in [2.05, 4.69) is 26.6 Å². The van der Waals surface area contributed by atoms with Gasteiger partial charge in [-0.3, -0.25) is 28.8 Å². The molecule has 0 aromatic heterocycles. The highest BCUT2D eigenvalue weighted by Crippen LogP contribution is 2.19. The Kier molecular flexibility index (Phi) is 14.2. The van der Waals surface area contributed by atoms with Crippen LogP contribution >= 0.6 is 0 Å². The van der Waals surface area contributed by atoms with Crippen molar-refractivity contribution in [2.75, 3.05) is 19.7 Å². The number of carbonyl (C=O) groups excluding carboxylic acids is 6. The zero-order valence-corrected chi connectivity index (χ0v) is 30.9. The third-order valence-electron chi connectivity index (χ3n) is 9.30. The van der Waals surface area contributed by atoms with Gasteiger partial charge in [0.2, 0.25) is 29.5 Å². The van der Waals surface area contributed by atoms with E-state index in [1.807, 2.05) is 68.4 Å². The number of likely N-dealkylation sites (tertiary alicyclic amines) is 1. The summed E-state index contributed by atoms with van der Waals surface area (Å²) in [6.07, 6.45) is 1.83. The molecule has 286 valence electrons. The summed E-state index contributed by atoms with van der Waals surface area (Å²) >= 11 is 0. The molecule has 5 rings (SSSR count). The maximum absolute atomic E-state index is 13.8. The summed E-state index contributed by atoms with van der Waals surface area (Å²) in [4.78, 5) is 82.2. The number of fused-ring (bicyclic) bond motifs is 1. The maximum atomic E-state index is 13.8. The van der Waals surface area contributed by atoms with Gasteiger partial charge in [0.05, 0.1) is 18.6 Å². The van der Waals surface area contributed by atoms with Crippen molar-refractivity contribution in [2.24, 2.45) is 5.92 Å². The lowest BCUT2D eigenvalue weighted by atomic mass is 10.0. The number of nitrogens with zero attached hydrogens (tertiary/aromatic N) is 1. The van der Waals surface area contributed by atoms with E-state index < -0.39 is 48.2 Å². The molecule has 13 nitrogen and oxygen atoms in total. The molecular weight excluding hydrogens is 688 g/mol. The van der Waals surface area contributed by atoms with Crippen molar-refractivity contribution in [3.63, 3.8) is 0 Å². The Labute approximate surface area is 316 Å². The van der Waals surface area contributed by atoms with Crippen LogP contribution in [0.25, 0.3) is 0 Å². The Balaban J connectivity index is 1.36. The van der Waals surface area contributed by atoms with Gasteiger partial charge in [-0.2, -0.15) is 0 Å². The first-order valence-corrected chi connectivity index (χ1v) is 18.6. The van der Waals surface area contributed by atoms with E-state index in [9.17, 15) is 28.8 Å². The number of carbonyl (C=O) groups is 6. The molecule has 5 N–H and O–H groups in total. The van der Waals surface area contributed by atoms with Gasteiger partial charge in [0.1, 0.15) is 23.9 Å². The molecule has 1 fully saturated rings. The van der Waals surface area contributed by atoms with Crippen molar-refractivity contribution in [3.05, 3.63) is 101 Å². The van der Waals surface area contributed by atoms with Crippen molar-refractivity contribution >= 4 is 35.4 Å². The highest BCUT2D eigenvalue weighted by molar-refractivity contribution is 6.01. The SMILES string of the molecule is CC(C)C[C@@H]1NC(=O)C[C@@H](C(=O)NCc2cccc(CN3CCCC3=O)c2)NC(=O)c2ccccc2OCCCNC(=O)[C@H](Cc2ccccc2)NC1=O. The van der Waals surface area contributed by atoms with Crippen LogP contribution in [-0.2, 0) is 43.5 Å². The summed E-state index contributed by atoms with van der Waals surface area (Å²) in [5, 5.41) is 14.1. The Morgan fingerprint density at radius 1 is 0.833 bits per heavy atom. The van der Waals surface area contributed by atoms with Gasteiger partial charge in [0, 0.05) is 39.0 Å². The number of para-hydroxylation sites is 1. The number of ether oxygens (including phenoxy) is 1. The minimum atomic E-state index is -1.31. The van der Waals surface area contributed by atoms with Crippen LogP contribution in [0, 0.1) is 5.92 Å². The van der Waals surface area contributed by atoms with Crippen LogP contribution < -0.4 is 31.3 Å². The molecule has 6 amide bonds. The normalized spacial score (nSPS) is 20.4. The molecule has 0 radical (unpaired) electrons. The second kappa shape index (κ2) is 19.4. The molecule has 2 aliphatic rings. The average molecular weight is 739 g/mol. The van der Waals surface area contributed by atoms with Crippen LogP contribution in [-0.4, -0.2) is 78.2 Å². The minimum absolute atomic E-state index is 0.00467. The molecule has 54 heavy (non-hydrogen) atoms. The molecule has 3 atom stereocenters. The fraction of sp³-hybridized carbons (Fsp3) is 0.415. The van der Waals surface area contributed by atoms with E-state index in [-0.39, 0.29) is 61.6 Å². The molecule has 1 saturated heterocycles. The first-order chi connectivity index (χ1) is 26.0. The number of hydrogen-bond donors (Lipinski definition) is 5. The monoisotopic (exact) mass is 738 g/mol. The quantitative estimate of drug-likeness (QED) is 0.224. The van der Waals surface area contributed by atoms with Crippen molar-refractivity contribution in [2.45, 2.75) is 83.6 Å². The van der Waals surface area contributed by atoms with E-state index in [0.29, 0.717) is 25.9 Å². The molecular formula is C41H50N6O7. The second-order valence-electron chi connectivity index (χ2n) is 14.2. The lowest BCUT2D eigenvalue weighted by Gasteiger charge is -2.25. The molecule has 0 saturated carbocycles. The third-order valence-corrected chi connectivity index (χ3v) is 9.30. The van der Waals surface area contributed by atoms with Crippen LogP contribution in [0.1, 0.15) is 73.0 Å². The van der Waals surface area contributed by atoms with Gasteiger partial charge in [-0.25, -0.2) is 0 Å². The van der Waals surface area contributed by atoms with E-state index in [0.717, 1.165) is 23.1 Å². The maximum Gasteiger partial charge on any atom is 0.255 e. The summed E-state index contributed by atoms with van der Waals surface area (Å²) in [7, 11) is 0. The number of nitrogens with one attached hydrogen (secondary N) is 5. The van der Waals surface area contributed by atoms with Crippen LogP contribution in [0.3, 0.4) is 0 Å². The van der Waals surface area contributed by atoms with Crippen molar-refractivity contribution < 1.29 is 33.5 Å². The molecule has 0 aliphatic carbocycles. The molecule has 0 unspecified atom stereocenters. The van der Waals surface area contributed by atoms with Gasteiger partial charge < -0.3 is 36.2 Å². The van der Waals surface area contributed by atoms with E-state index >= 15 is 0 Å². The zero-order chi connectivity index (χ0) is 38.5. The summed E-state index contributed by atoms with van der Waals surface area (Å²) < 4.78 is 5.93. The van der Waals surface area contributed by atoms with Crippen molar-refractivity contribution in [3.8, 4) is 5.75 Å². The van der Waals surface area contributed by atoms with Crippen molar-refractivity contribution in [1.29, 1.82) is 0 Å². The lowest BCUT2D eigenvalue weighted by molar-refractivity contribution is -0.133. The van der Waals surface area contributed by atoms with Crippen molar-refractivity contribution in [1.82, 2.24) is 31.5 Å². The number of rotatable bonds is 9. The third kappa shape index (κ3) is 11.6. The Bertz CT molecular complexity index is 1800. The summed E-state index contributed by atoms with van der Waals surface area (Å²) in [6, 6.07) is 20.2. The predicted molar refractivity (Wildman–Crippen MR) is 202 cm³/mol. The minimum Gasteiger partial charge on any atom is -0.493 e. The van der Waals surface area contributed by atoms with Gasteiger partial charge in [0.15, 0.2) is 0 Å². The number of benzene rings is 3. The largest absolute Gasteiger partial charge is 0.493 e. The standard InChI is InChI=1S/C41H50N6O7/c1-27(2)21-32-41(53)46-33(23-28-11-4-3-5-12-28)39(51)42-18-10-20-54-35-16-7-6-15-31(35)38(50)45-34(24-36(48)44-32)40(52)43-25-29-13-8-14-30(22-29)26-47-19-9-17-37(47)49/h3-8,11-16,22,27,32-34H,9-10,17-21,23-26H2,1-2H3,(H,42,51)(H,43,52)(H,44,48)(H,45,50)(H,46,53)/t32-,33-,34-/m0/s1. The Morgan fingerprint density at radius 3 is 2.33 bits per heavy atom. The molecule has 2 aliphatic heterocycles. The smallest absolute Gasteiger partial charge is 0.255 e.